The molecule has 31 heavy (non-hydrogen) atoms. The highest BCUT2D eigenvalue weighted by Gasteiger charge is 2.20. The first kappa shape index (κ1) is 26.1. The van der Waals surface area contributed by atoms with E-state index in [4.69, 9.17) is 18.5 Å². The van der Waals surface area contributed by atoms with E-state index in [0.29, 0.717) is 6.54 Å². The predicted octanol–water partition coefficient (Wildman–Crippen LogP) is 4.77. The lowest BCUT2D eigenvalue weighted by atomic mass is 10.0. The fourth-order valence-electron chi connectivity index (χ4n) is 3.35. The van der Waals surface area contributed by atoms with Crippen LogP contribution < -0.4 is 10.5 Å². The number of nitrogens with one attached hydrogen (secondary N) is 1. The molecule has 2 heterocycles. The lowest BCUT2D eigenvalue weighted by Gasteiger charge is -2.21. The molecule has 2 radical (unpaired) electrons. The van der Waals surface area contributed by atoms with E-state index in [2.05, 4.69) is 42.3 Å². The first-order chi connectivity index (χ1) is 13.8. The van der Waals surface area contributed by atoms with E-state index in [1.807, 2.05) is 51.3 Å². The molecule has 2 aromatic rings. The number of H-pyrrole nitrogens is 1. The molecule has 0 atom stereocenters. The van der Waals surface area contributed by atoms with Crippen molar-refractivity contribution in [2.24, 2.45) is 5.73 Å². The monoisotopic (exact) mass is 426 g/mol. The number of allylic oxidation sites excluding steroid dienone is 2. The number of ether oxygens (including phenoxy) is 1. The van der Waals surface area contributed by atoms with Gasteiger partial charge in [-0.05, 0) is 76.1 Å². The first-order valence-corrected chi connectivity index (χ1v) is 9.92. The van der Waals surface area contributed by atoms with E-state index in [1.165, 1.54) is 5.56 Å². The fourth-order valence-corrected chi connectivity index (χ4v) is 3.35. The summed E-state index contributed by atoms with van der Waals surface area (Å²) in [6.07, 6.45) is 10.7. The summed E-state index contributed by atoms with van der Waals surface area (Å²) < 4.78 is 7.52. The summed E-state index contributed by atoms with van der Waals surface area (Å²) in [7, 11) is 6.07. The van der Waals surface area contributed by atoms with E-state index >= 15 is 0 Å². The molecule has 0 aliphatic carbocycles. The zero-order chi connectivity index (χ0) is 21.0. The summed E-state index contributed by atoms with van der Waals surface area (Å²) in [5, 5.41) is 0. The number of aromatic nitrogens is 1. The summed E-state index contributed by atoms with van der Waals surface area (Å²) in [6.45, 7) is 8.80. The number of halogens is 2. The van der Waals surface area contributed by atoms with Gasteiger partial charge < -0.3 is 15.5 Å². The van der Waals surface area contributed by atoms with Gasteiger partial charge in [-0.25, -0.2) is 0 Å². The quantitative estimate of drug-likeness (QED) is 0.654. The SMILES string of the molecule is F.F.[B][N+]1=CC=CC1=C(CCN)c1[nH]c(/C=C/c2ccc(OC(C)(C)C)cc2)cc1C. The van der Waals surface area contributed by atoms with E-state index in [9.17, 15) is 0 Å². The molecule has 164 valence electrons. The predicted molar refractivity (Wildman–Crippen MR) is 128 cm³/mol. The van der Waals surface area contributed by atoms with Gasteiger partial charge >= 0.3 is 7.98 Å². The number of hydrogen-bond donors (Lipinski definition) is 2. The summed E-state index contributed by atoms with van der Waals surface area (Å²) in [5.41, 5.74) is 12.2. The average Bonchev–Trinajstić information content (AvgIpc) is 3.23. The summed E-state index contributed by atoms with van der Waals surface area (Å²) in [4.78, 5) is 3.52. The Bertz CT molecular complexity index is 997. The van der Waals surface area contributed by atoms with Crippen molar-refractivity contribution < 1.29 is 18.6 Å². The van der Waals surface area contributed by atoms with Crippen LogP contribution in [0.2, 0.25) is 0 Å². The highest BCUT2D eigenvalue weighted by Crippen LogP contribution is 2.28. The molecule has 3 N–H and O–H groups in total. The molecule has 0 saturated carbocycles. The van der Waals surface area contributed by atoms with Gasteiger partial charge in [0.25, 0.3) is 0 Å². The third kappa shape index (κ3) is 6.79. The summed E-state index contributed by atoms with van der Waals surface area (Å²) in [6, 6.07) is 10.3. The second-order valence-electron chi connectivity index (χ2n) is 8.22. The third-order valence-electron chi connectivity index (χ3n) is 4.58. The van der Waals surface area contributed by atoms with Gasteiger partial charge in [0, 0.05) is 23.4 Å². The summed E-state index contributed by atoms with van der Waals surface area (Å²) in [5.74, 6) is 0.874. The Morgan fingerprint density at radius 3 is 2.39 bits per heavy atom. The van der Waals surface area contributed by atoms with Crippen LogP contribution in [0, 0.1) is 6.92 Å². The largest absolute Gasteiger partial charge is 0.586 e. The van der Waals surface area contributed by atoms with E-state index in [-0.39, 0.29) is 15.0 Å². The molecule has 7 heteroatoms. The smallest absolute Gasteiger partial charge is 0.488 e. The topological polar surface area (TPSA) is 54.0 Å². The molecule has 1 aromatic carbocycles. The molecule has 0 saturated heterocycles. The van der Waals surface area contributed by atoms with Gasteiger partial charge in [-0.1, -0.05) is 18.2 Å². The zero-order valence-corrected chi connectivity index (χ0v) is 18.5. The Labute approximate surface area is 184 Å². The van der Waals surface area contributed by atoms with Crippen LogP contribution in [-0.2, 0) is 0 Å². The Morgan fingerprint density at radius 1 is 1.16 bits per heavy atom. The van der Waals surface area contributed by atoms with Gasteiger partial charge in [0.2, 0.25) is 0 Å². The van der Waals surface area contributed by atoms with Crippen molar-refractivity contribution >= 4 is 31.9 Å². The van der Waals surface area contributed by atoms with Crippen LogP contribution in [0.25, 0.3) is 17.7 Å². The lowest BCUT2D eigenvalue weighted by Crippen LogP contribution is -2.22. The van der Waals surface area contributed by atoms with Crippen LogP contribution >= 0.6 is 0 Å². The van der Waals surface area contributed by atoms with Crippen molar-refractivity contribution in [2.75, 3.05) is 6.54 Å². The third-order valence-corrected chi connectivity index (χ3v) is 4.58. The number of nitrogens with two attached hydrogens (primary N) is 1. The fraction of sp³-hybridized carbons (Fsp3) is 0.292. The van der Waals surface area contributed by atoms with Crippen LogP contribution in [-0.4, -0.2) is 35.8 Å². The Kier molecular flexibility index (Phi) is 9.19. The number of aromatic amines is 1. The van der Waals surface area contributed by atoms with E-state index in [0.717, 1.165) is 40.4 Å². The van der Waals surface area contributed by atoms with E-state index < -0.39 is 0 Å². The normalized spacial score (nSPS) is 14.8. The van der Waals surface area contributed by atoms with E-state index in [1.54, 1.807) is 4.49 Å². The maximum absolute atomic E-state index is 6.07. The number of nitrogens with zero attached hydrogens (tertiary/aromatic N) is 1. The minimum atomic E-state index is -0.198. The molecule has 0 fully saturated rings. The molecular formula is C24H31BF2N3O+. The number of hydrogen-bond acceptors (Lipinski definition) is 2. The minimum absolute atomic E-state index is 0. The van der Waals surface area contributed by atoms with Crippen molar-refractivity contribution in [3.63, 3.8) is 0 Å². The Balaban J connectivity index is 0.00000240. The van der Waals surface area contributed by atoms with Gasteiger partial charge in [-0.2, -0.15) is 0 Å². The minimum Gasteiger partial charge on any atom is -0.488 e. The molecule has 0 amide bonds. The summed E-state index contributed by atoms with van der Waals surface area (Å²) >= 11 is 0. The van der Waals surface area contributed by atoms with Crippen LogP contribution in [0.4, 0.5) is 9.41 Å². The maximum atomic E-state index is 6.07. The van der Waals surface area contributed by atoms with Gasteiger partial charge in [-0.3, -0.25) is 13.9 Å². The molecule has 1 aliphatic heterocycles. The number of benzene rings is 1. The second-order valence-corrected chi connectivity index (χ2v) is 8.22. The van der Waals surface area contributed by atoms with Crippen molar-refractivity contribution in [1.29, 1.82) is 0 Å². The van der Waals surface area contributed by atoms with Gasteiger partial charge in [0.1, 0.15) is 17.6 Å². The molecular weight excluding hydrogens is 395 g/mol. The van der Waals surface area contributed by atoms with Crippen molar-refractivity contribution in [3.8, 4) is 5.75 Å². The van der Waals surface area contributed by atoms with Crippen molar-refractivity contribution in [1.82, 2.24) is 4.98 Å². The highest BCUT2D eigenvalue weighted by atomic mass is 19.0. The second kappa shape index (κ2) is 10.9. The maximum Gasteiger partial charge on any atom is 0.586 e. The molecule has 3 rings (SSSR count). The number of rotatable bonds is 6. The highest BCUT2D eigenvalue weighted by molar-refractivity contribution is 6.01. The van der Waals surface area contributed by atoms with Gasteiger partial charge in [-0.15, -0.1) is 0 Å². The van der Waals surface area contributed by atoms with Crippen molar-refractivity contribution in [3.05, 3.63) is 70.7 Å². The Hall–Kier alpha value is -2.93. The Morgan fingerprint density at radius 2 is 1.84 bits per heavy atom. The van der Waals surface area contributed by atoms with Gasteiger partial charge in [0.05, 0.1) is 5.69 Å². The zero-order valence-electron chi connectivity index (χ0n) is 18.5. The first-order valence-electron chi connectivity index (χ1n) is 9.92. The standard InChI is InChI=1S/C24H29BN3O.2FH/c1-17-16-19(10-7-18-8-11-20(12-9-18)29-24(2,3)4)27-23(17)21(13-14-26)22-6-5-15-28(22)25;;/h5-12,15-16,27H,13-14,26H2,1-4H3;2*1H/q+1;;/b10-7+;;. The van der Waals surface area contributed by atoms with Crippen molar-refractivity contribution in [2.45, 2.75) is 39.7 Å². The van der Waals surface area contributed by atoms with Crippen LogP contribution in [0.5, 0.6) is 5.75 Å². The van der Waals surface area contributed by atoms with Gasteiger partial charge in [0.15, 0.2) is 5.70 Å². The molecule has 0 bridgehead atoms. The number of aryl methyl sites for hydroxylation is 1. The average molecular weight is 426 g/mol. The van der Waals surface area contributed by atoms with Crippen LogP contribution in [0.1, 0.15) is 49.7 Å². The molecule has 1 aliphatic rings. The van der Waals surface area contributed by atoms with Crippen LogP contribution in [0.15, 0.2) is 48.2 Å². The molecule has 0 unspecified atom stereocenters. The molecule has 0 spiro atoms. The lowest BCUT2D eigenvalue weighted by molar-refractivity contribution is -0.294. The van der Waals surface area contributed by atoms with Crippen LogP contribution in [0.3, 0.4) is 0 Å². The molecule has 4 nitrogen and oxygen atoms in total. The molecule has 1 aromatic heterocycles.